The van der Waals surface area contributed by atoms with E-state index in [4.69, 9.17) is 9.47 Å². The first kappa shape index (κ1) is 24.4. The number of benzene rings is 1. The van der Waals surface area contributed by atoms with Gasteiger partial charge in [-0.3, -0.25) is 9.78 Å². The number of morpholine rings is 2. The zero-order valence-corrected chi connectivity index (χ0v) is 21.7. The van der Waals surface area contributed by atoms with Crippen LogP contribution in [0.25, 0.3) is 27.7 Å². The molecule has 3 amide bonds. The summed E-state index contributed by atoms with van der Waals surface area (Å²) < 4.78 is 10.7. The normalized spacial score (nSPS) is 16.8. The fourth-order valence-electron chi connectivity index (χ4n) is 5.24. The zero-order chi connectivity index (χ0) is 27.1. The van der Waals surface area contributed by atoms with Crippen molar-refractivity contribution in [2.75, 3.05) is 57.9 Å². The molecule has 0 spiro atoms. The Labute approximate surface area is 229 Å². The molecule has 1 aromatic carbocycles. The van der Waals surface area contributed by atoms with Crippen molar-refractivity contribution in [3.05, 3.63) is 77.0 Å². The summed E-state index contributed by atoms with van der Waals surface area (Å²) >= 11 is 0. The van der Waals surface area contributed by atoms with Crippen molar-refractivity contribution in [3.63, 3.8) is 0 Å². The van der Waals surface area contributed by atoms with Crippen LogP contribution in [-0.2, 0) is 9.47 Å². The minimum absolute atomic E-state index is 0.00689. The van der Waals surface area contributed by atoms with Gasteiger partial charge in [-0.1, -0.05) is 6.07 Å². The fraction of sp³-hybridized carbons (Fsp3) is 0.276. The predicted molar refractivity (Wildman–Crippen MR) is 147 cm³/mol. The van der Waals surface area contributed by atoms with Gasteiger partial charge in [-0.25, -0.2) is 14.8 Å². The molecule has 6 heterocycles. The Morgan fingerprint density at radius 3 is 2.42 bits per heavy atom. The van der Waals surface area contributed by atoms with Gasteiger partial charge in [0.15, 0.2) is 5.49 Å². The van der Waals surface area contributed by atoms with E-state index in [2.05, 4.69) is 25.3 Å². The van der Waals surface area contributed by atoms with Crippen LogP contribution in [0.2, 0.25) is 0 Å². The molecule has 0 bridgehead atoms. The SMILES string of the molecule is O=C(Nc1cncc(-c2cnc3c(c2)=C(c2cc4c(C(=O)N5CCOCC5)cccc4[nH]2)N=3)c1)N1CCOCC1. The van der Waals surface area contributed by atoms with Crippen LogP contribution in [0, 0.1) is 0 Å². The summed E-state index contributed by atoms with van der Waals surface area (Å²) in [6.45, 7) is 4.50. The number of aromatic amines is 1. The molecule has 0 atom stereocenters. The number of carbonyl (C=O) groups is 2. The highest BCUT2D eigenvalue weighted by Gasteiger charge is 2.23. The van der Waals surface area contributed by atoms with Crippen molar-refractivity contribution in [2.45, 2.75) is 0 Å². The highest BCUT2D eigenvalue weighted by molar-refractivity contribution is 6.07. The van der Waals surface area contributed by atoms with E-state index < -0.39 is 0 Å². The third kappa shape index (κ3) is 4.48. The van der Waals surface area contributed by atoms with Crippen LogP contribution in [0.4, 0.5) is 10.5 Å². The van der Waals surface area contributed by atoms with Crippen molar-refractivity contribution in [3.8, 4) is 11.1 Å². The molecule has 11 nitrogen and oxygen atoms in total. The summed E-state index contributed by atoms with van der Waals surface area (Å²) in [7, 11) is 0. The summed E-state index contributed by atoms with van der Waals surface area (Å²) in [4.78, 5) is 46.4. The molecule has 7 rings (SSSR count). The van der Waals surface area contributed by atoms with E-state index in [-0.39, 0.29) is 11.9 Å². The second kappa shape index (κ2) is 10.2. The topological polar surface area (TPSA) is 125 Å². The van der Waals surface area contributed by atoms with Crippen LogP contribution < -0.4 is 16.0 Å². The number of aromatic nitrogens is 3. The Morgan fingerprint density at radius 2 is 1.62 bits per heavy atom. The Balaban J connectivity index is 1.18. The first-order valence-corrected chi connectivity index (χ1v) is 13.3. The summed E-state index contributed by atoms with van der Waals surface area (Å²) in [6.07, 6.45) is 5.13. The number of pyridine rings is 2. The number of urea groups is 1. The lowest BCUT2D eigenvalue weighted by Gasteiger charge is -2.27. The molecular weight excluding hydrogens is 510 g/mol. The summed E-state index contributed by atoms with van der Waals surface area (Å²) in [5.74, 6) is 0.00689. The summed E-state index contributed by atoms with van der Waals surface area (Å²) in [5, 5.41) is 4.70. The second-order valence-corrected chi connectivity index (χ2v) is 9.90. The fourth-order valence-corrected chi connectivity index (χ4v) is 5.24. The highest BCUT2D eigenvalue weighted by Crippen LogP contribution is 2.26. The van der Waals surface area contributed by atoms with Crippen LogP contribution >= 0.6 is 0 Å². The van der Waals surface area contributed by atoms with Gasteiger partial charge in [-0.05, 0) is 30.3 Å². The molecule has 11 heteroatoms. The largest absolute Gasteiger partial charge is 0.378 e. The maximum absolute atomic E-state index is 13.2. The predicted octanol–water partition coefficient (Wildman–Crippen LogP) is 1.75. The lowest BCUT2D eigenvalue weighted by Crippen LogP contribution is -2.43. The molecule has 4 aromatic rings. The lowest BCUT2D eigenvalue weighted by atomic mass is 10.1. The average molecular weight is 538 g/mol. The van der Waals surface area contributed by atoms with E-state index in [0.29, 0.717) is 69.3 Å². The van der Waals surface area contributed by atoms with Crippen LogP contribution in [0.5, 0.6) is 0 Å². The van der Waals surface area contributed by atoms with E-state index in [1.165, 1.54) is 0 Å². The van der Waals surface area contributed by atoms with Crippen LogP contribution in [0.1, 0.15) is 16.1 Å². The number of anilines is 1. The number of ether oxygens (including phenoxy) is 2. The third-order valence-corrected chi connectivity index (χ3v) is 7.41. The number of amides is 3. The van der Waals surface area contributed by atoms with Crippen LogP contribution in [0.15, 0.2) is 60.0 Å². The molecule has 0 unspecified atom stereocenters. The van der Waals surface area contributed by atoms with Crippen LogP contribution in [0.3, 0.4) is 0 Å². The van der Waals surface area contributed by atoms with Gasteiger partial charge in [-0.15, -0.1) is 0 Å². The number of nitrogens with one attached hydrogen (secondary N) is 2. The first-order valence-electron chi connectivity index (χ1n) is 13.3. The van der Waals surface area contributed by atoms with Crippen molar-refractivity contribution in [1.82, 2.24) is 24.8 Å². The Morgan fingerprint density at radius 1 is 0.875 bits per heavy atom. The highest BCUT2D eigenvalue weighted by atomic mass is 16.5. The maximum Gasteiger partial charge on any atom is 0.322 e. The number of H-pyrrole nitrogens is 1. The molecule has 2 saturated heterocycles. The molecule has 3 aliphatic rings. The zero-order valence-electron chi connectivity index (χ0n) is 21.7. The maximum atomic E-state index is 13.2. The number of rotatable bonds is 4. The van der Waals surface area contributed by atoms with Gasteiger partial charge in [-0.2, -0.15) is 0 Å². The van der Waals surface area contributed by atoms with Crippen molar-refractivity contribution >= 4 is 34.2 Å². The first-order chi connectivity index (χ1) is 19.6. The monoisotopic (exact) mass is 537 g/mol. The lowest BCUT2D eigenvalue weighted by molar-refractivity contribution is 0.0304. The van der Waals surface area contributed by atoms with Crippen molar-refractivity contribution in [1.29, 1.82) is 0 Å². The molecule has 0 radical (unpaired) electrons. The third-order valence-electron chi connectivity index (χ3n) is 7.41. The van der Waals surface area contributed by atoms with E-state index in [1.54, 1.807) is 23.5 Å². The second-order valence-electron chi connectivity index (χ2n) is 9.90. The number of nitrogens with zero attached hydrogens (tertiary/aromatic N) is 5. The molecule has 0 saturated carbocycles. The summed E-state index contributed by atoms with van der Waals surface area (Å²) in [5.41, 5.74) is 6.11. The molecular formula is C29H27N7O4. The van der Waals surface area contributed by atoms with E-state index >= 15 is 0 Å². The van der Waals surface area contributed by atoms with E-state index in [1.807, 2.05) is 41.3 Å². The van der Waals surface area contributed by atoms with Crippen molar-refractivity contribution in [2.24, 2.45) is 4.99 Å². The molecule has 40 heavy (non-hydrogen) atoms. The minimum atomic E-state index is -0.169. The van der Waals surface area contributed by atoms with Gasteiger partial charge in [0.1, 0.15) is 5.70 Å². The average Bonchev–Trinajstić information content (AvgIpc) is 3.42. The Hall–Kier alpha value is -4.61. The minimum Gasteiger partial charge on any atom is -0.378 e. The summed E-state index contributed by atoms with van der Waals surface area (Å²) in [6, 6.07) is 11.5. The van der Waals surface area contributed by atoms with Gasteiger partial charge in [0.05, 0.1) is 44.0 Å². The molecule has 3 aliphatic heterocycles. The number of hydrogen-bond donors (Lipinski definition) is 2. The Bertz CT molecular complexity index is 1750. The Kier molecular flexibility index (Phi) is 6.21. The van der Waals surface area contributed by atoms with Gasteiger partial charge >= 0.3 is 6.03 Å². The quantitative estimate of drug-likeness (QED) is 0.409. The molecule has 3 aromatic heterocycles. The van der Waals surface area contributed by atoms with Crippen molar-refractivity contribution < 1.29 is 19.1 Å². The van der Waals surface area contributed by atoms with E-state index in [9.17, 15) is 9.59 Å². The van der Waals surface area contributed by atoms with Gasteiger partial charge in [0.25, 0.3) is 5.91 Å². The number of hydrogen-bond acceptors (Lipinski definition) is 7. The smallest absolute Gasteiger partial charge is 0.322 e. The molecule has 0 aliphatic carbocycles. The number of fused-ring (bicyclic) bond motifs is 2. The molecule has 202 valence electrons. The van der Waals surface area contributed by atoms with Gasteiger partial charge in [0, 0.05) is 71.4 Å². The number of carbonyl (C=O) groups excluding carboxylic acids is 2. The van der Waals surface area contributed by atoms with Gasteiger partial charge in [0.2, 0.25) is 0 Å². The standard InChI is InChI=1S/C29H27N7O4/c37-28(35-4-8-39-9-5-35)21-2-1-3-24-22(21)14-25(33-24)26-23-13-19(16-31-27(23)34-26)18-12-20(17-30-15-18)32-29(38)36-6-10-40-11-7-36/h1-3,12-17,33H,4-11H2,(H,32,38). The van der Waals surface area contributed by atoms with Gasteiger partial charge < -0.3 is 29.6 Å². The van der Waals surface area contributed by atoms with E-state index in [0.717, 1.165) is 38.6 Å². The molecule has 2 fully saturated rings. The van der Waals surface area contributed by atoms with Crippen LogP contribution in [-0.4, -0.2) is 89.3 Å². The molecule has 2 N–H and O–H groups in total.